The van der Waals surface area contributed by atoms with Gasteiger partial charge in [-0.15, -0.1) is 24.8 Å². The van der Waals surface area contributed by atoms with Crippen molar-refractivity contribution < 1.29 is 4.79 Å². The Balaban J connectivity index is 0.00000169. The predicted molar refractivity (Wildman–Crippen MR) is 113 cm³/mol. The molecular weight excluding hydrogens is 369 g/mol. The Hall–Kier alpha value is -0.0300. The van der Waals surface area contributed by atoms with Crippen LogP contribution in [0.1, 0.15) is 83.5 Å². The molecular formula is C20H39Cl2N3O. The lowest BCUT2D eigenvalue weighted by molar-refractivity contribution is -0.125. The van der Waals surface area contributed by atoms with Gasteiger partial charge in [0.2, 0.25) is 5.91 Å². The number of nitrogens with zero attached hydrogens (tertiary/aromatic N) is 1. The third kappa shape index (κ3) is 6.54. The second kappa shape index (κ2) is 11.7. The minimum Gasteiger partial charge on any atom is -0.353 e. The summed E-state index contributed by atoms with van der Waals surface area (Å²) in [5.74, 6) is 0.249. The smallest absolute Gasteiger partial charge is 0.220 e. The molecule has 3 rings (SSSR count). The standard InChI is InChI=1S/C20H37N3O.2ClH/c21-16-20(11-5-2-6-12-20)15-19(24)22-17-9-13-23(14-10-17)18-7-3-1-4-8-18;;/h17-18H,1-16,21H2,(H,22,24);2*1H. The van der Waals surface area contributed by atoms with Crippen molar-refractivity contribution in [3.63, 3.8) is 0 Å². The van der Waals surface area contributed by atoms with Crippen molar-refractivity contribution in [2.45, 2.75) is 95.6 Å². The Morgan fingerprint density at radius 1 is 0.923 bits per heavy atom. The summed E-state index contributed by atoms with van der Waals surface area (Å²) < 4.78 is 0. The molecule has 0 spiro atoms. The maximum Gasteiger partial charge on any atom is 0.220 e. The van der Waals surface area contributed by atoms with Gasteiger partial charge in [-0.05, 0) is 50.5 Å². The van der Waals surface area contributed by atoms with Crippen molar-refractivity contribution in [2.75, 3.05) is 19.6 Å². The van der Waals surface area contributed by atoms with Crippen LogP contribution in [0.2, 0.25) is 0 Å². The molecule has 3 N–H and O–H groups in total. The van der Waals surface area contributed by atoms with E-state index in [4.69, 9.17) is 5.73 Å². The van der Waals surface area contributed by atoms with Gasteiger partial charge in [-0.2, -0.15) is 0 Å². The highest BCUT2D eigenvalue weighted by molar-refractivity contribution is 5.85. The first-order valence-electron chi connectivity index (χ1n) is 10.4. The van der Waals surface area contributed by atoms with Crippen LogP contribution in [0.3, 0.4) is 0 Å². The van der Waals surface area contributed by atoms with E-state index in [-0.39, 0.29) is 36.1 Å². The largest absolute Gasteiger partial charge is 0.353 e. The minimum atomic E-state index is 0. The first-order valence-corrected chi connectivity index (χ1v) is 10.4. The summed E-state index contributed by atoms with van der Waals surface area (Å²) in [6, 6.07) is 1.20. The number of halogens is 2. The van der Waals surface area contributed by atoms with Crippen molar-refractivity contribution in [1.29, 1.82) is 0 Å². The van der Waals surface area contributed by atoms with Crippen molar-refractivity contribution in [3.05, 3.63) is 0 Å². The summed E-state index contributed by atoms with van der Waals surface area (Å²) in [7, 11) is 0. The Kier molecular flexibility index (Phi) is 10.8. The van der Waals surface area contributed by atoms with E-state index in [1.807, 2.05) is 0 Å². The molecule has 154 valence electrons. The zero-order valence-corrected chi connectivity index (χ0v) is 17.9. The zero-order chi connectivity index (χ0) is 16.8. The number of nitrogens with one attached hydrogen (secondary N) is 1. The molecule has 4 nitrogen and oxygen atoms in total. The molecule has 26 heavy (non-hydrogen) atoms. The van der Waals surface area contributed by atoms with Crippen molar-refractivity contribution in [2.24, 2.45) is 11.1 Å². The highest BCUT2D eigenvalue weighted by Gasteiger charge is 2.34. The summed E-state index contributed by atoms with van der Waals surface area (Å²) in [5, 5.41) is 3.33. The van der Waals surface area contributed by atoms with Crippen LogP contribution in [-0.4, -0.2) is 42.5 Å². The van der Waals surface area contributed by atoms with Crippen LogP contribution in [0, 0.1) is 5.41 Å². The molecule has 0 bridgehead atoms. The fraction of sp³-hybridized carbons (Fsp3) is 0.950. The summed E-state index contributed by atoms with van der Waals surface area (Å²) in [6.45, 7) is 3.00. The number of hydrogen-bond donors (Lipinski definition) is 2. The molecule has 0 atom stereocenters. The van der Waals surface area contributed by atoms with Crippen molar-refractivity contribution in [3.8, 4) is 0 Å². The van der Waals surface area contributed by atoms with Crippen LogP contribution in [0.5, 0.6) is 0 Å². The fourth-order valence-corrected chi connectivity index (χ4v) is 5.23. The van der Waals surface area contributed by atoms with Crippen LogP contribution < -0.4 is 11.1 Å². The van der Waals surface area contributed by atoms with E-state index in [0.29, 0.717) is 19.0 Å². The molecule has 3 aliphatic rings. The van der Waals surface area contributed by atoms with Gasteiger partial charge in [-0.25, -0.2) is 0 Å². The molecule has 1 heterocycles. The van der Waals surface area contributed by atoms with Gasteiger partial charge in [0.15, 0.2) is 0 Å². The molecule has 6 heteroatoms. The quantitative estimate of drug-likeness (QED) is 0.722. The molecule has 0 aromatic carbocycles. The number of rotatable bonds is 5. The normalized spacial score (nSPS) is 25.0. The topological polar surface area (TPSA) is 58.4 Å². The van der Waals surface area contributed by atoms with E-state index in [0.717, 1.165) is 44.8 Å². The van der Waals surface area contributed by atoms with Gasteiger partial charge in [-0.1, -0.05) is 38.5 Å². The molecule has 0 unspecified atom stereocenters. The van der Waals surface area contributed by atoms with Crippen LogP contribution in [0.4, 0.5) is 0 Å². The third-order valence-electron chi connectivity index (χ3n) is 6.87. The maximum atomic E-state index is 12.5. The molecule has 0 radical (unpaired) electrons. The third-order valence-corrected chi connectivity index (χ3v) is 6.87. The predicted octanol–water partition coefficient (Wildman–Crippen LogP) is 4.04. The molecule has 0 aromatic heterocycles. The van der Waals surface area contributed by atoms with Gasteiger partial charge in [-0.3, -0.25) is 4.79 Å². The lowest BCUT2D eigenvalue weighted by atomic mass is 9.71. The SMILES string of the molecule is Cl.Cl.NCC1(CC(=O)NC2CCN(C3CCCCC3)CC2)CCCCC1. The molecule has 1 saturated heterocycles. The first-order chi connectivity index (χ1) is 11.7. The molecule has 2 saturated carbocycles. The monoisotopic (exact) mass is 407 g/mol. The second-order valence-electron chi connectivity index (χ2n) is 8.61. The molecule has 1 aliphatic heterocycles. The minimum absolute atomic E-state index is 0. The number of likely N-dealkylation sites (tertiary alicyclic amines) is 1. The fourth-order valence-electron chi connectivity index (χ4n) is 5.23. The average molecular weight is 408 g/mol. The lowest BCUT2D eigenvalue weighted by Gasteiger charge is -2.40. The number of nitrogens with two attached hydrogens (primary N) is 1. The number of carbonyl (C=O) groups is 1. The second-order valence-corrected chi connectivity index (χ2v) is 8.61. The number of carbonyl (C=O) groups excluding carboxylic acids is 1. The summed E-state index contributed by atoms with van der Waals surface area (Å²) in [5.41, 5.74) is 6.12. The van der Waals surface area contributed by atoms with Crippen molar-refractivity contribution in [1.82, 2.24) is 10.2 Å². The molecule has 3 fully saturated rings. The summed E-state index contributed by atoms with van der Waals surface area (Å²) in [4.78, 5) is 15.2. The highest BCUT2D eigenvalue weighted by atomic mass is 35.5. The van der Waals surface area contributed by atoms with Crippen LogP contribution in [0.15, 0.2) is 0 Å². The maximum absolute atomic E-state index is 12.5. The van der Waals surface area contributed by atoms with Gasteiger partial charge in [0.05, 0.1) is 0 Å². The Bertz CT molecular complexity index is 402. The molecule has 2 aliphatic carbocycles. The van der Waals surface area contributed by atoms with E-state index in [1.165, 1.54) is 51.4 Å². The van der Waals surface area contributed by atoms with Gasteiger partial charge < -0.3 is 16.0 Å². The molecule has 0 aromatic rings. The van der Waals surface area contributed by atoms with Gasteiger partial charge in [0.1, 0.15) is 0 Å². The first kappa shape index (κ1) is 24.0. The Morgan fingerprint density at radius 2 is 1.50 bits per heavy atom. The Morgan fingerprint density at radius 3 is 2.08 bits per heavy atom. The Labute approximate surface area is 172 Å². The van der Waals surface area contributed by atoms with Gasteiger partial charge >= 0.3 is 0 Å². The van der Waals surface area contributed by atoms with E-state index in [1.54, 1.807) is 0 Å². The van der Waals surface area contributed by atoms with Crippen LogP contribution in [-0.2, 0) is 4.79 Å². The van der Waals surface area contributed by atoms with E-state index < -0.39 is 0 Å². The van der Waals surface area contributed by atoms with Gasteiger partial charge in [0, 0.05) is 31.6 Å². The van der Waals surface area contributed by atoms with Crippen molar-refractivity contribution >= 4 is 30.7 Å². The van der Waals surface area contributed by atoms with Crippen LogP contribution >= 0.6 is 24.8 Å². The van der Waals surface area contributed by atoms with Gasteiger partial charge in [0.25, 0.3) is 0 Å². The number of amides is 1. The van der Waals surface area contributed by atoms with E-state index in [2.05, 4.69) is 10.2 Å². The van der Waals surface area contributed by atoms with E-state index in [9.17, 15) is 4.79 Å². The van der Waals surface area contributed by atoms with Crippen LogP contribution in [0.25, 0.3) is 0 Å². The summed E-state index contributed by atoms with van der Waals surface area (Å²) in [6.07, 6.45) is 16.0. The summed E-state index contributed by atoms with van der Waals surface area (Å²) >= 11 is 0. The zero-order valence-electron chi connectivity index (χ0n) is 16.2. The number of piperidine rings is 1. The molecule has 1 amide bonds. The lowest BCUT2D eigenvalue weighted by Crippen LogP contribution is -2.49. The highest BCUT2D eigenvalue weighted by Crippen LogP contribution is 2.38. The average Bonchev–Trinajstić information content (AvgIpc) is 2.64. The van der Waals surface area contributed by atoms with E-state index >= 15 is 0 Å². The number of hydrogen-bond acceptors (Lipinski definition) is 3.